The van der Waals surface area contributed by atoms with E-state index in [0.717, 1.165) is 13.0 Å². The van der Waals surface area contributed by atoms with E-state index in [1.54, 1.807) is 0 Å². The molecule has 11 heavy (non-hydrogen) atoms. The molecule has 0 aromatic carbocycles. The van der Waals surface area contributed by atoms with Crippen molar-refractivity contribution < 1.29 is 10.2 Å². The van der Waals surface area contributed by atoms with Crippen LogP contribution >= 0.6 is 0 Å². The van der Waals surface area contributed by atoms with Crippen LogP contribution in [0.5, 0.6) is 0 Å². The molecule has 0 aliphatic carbocycles. The zero-order valence-electron chi connectivity index (χ0n) is 7.12. The highest BCUT2D eigenvalue weighted by atomic mass is 16.3. The van der Waals surface area contributed by atoms with Crippen LogP contribution in [-0.2, 0) is 0 Å². The average Bonchev–Trinajstić information content (AvgIpc) is 2.33. The summed E-state index contributed by atoms with van der Waals surface area (Å²) in [6, 6.07) is -0.116. The smallest absolute Gasteiger partial charge is 0.0741 e. The minimum Gasteiger partial charge on any atom is -0.391 e. The van der Waals surface area contributed by atoms with E-state index in [9.17, 15) is 10.2 Å². The summed E-state index contributed by atoms with van der Waals surface area (Å²) >= 11 is 0. The lowest BCUT2D eigenvalue weighted by Gasteiger charge is -2.24. The maximum absolute atomic E-state index is 9.57. The minimum atomic E-state index is -0.424. The molecule has 0 aromatic rings. The van der Waals surface area contributed by atoms with E-state index in [0.29, 0.717) is 0 Å². The van der Waals surface area contributed by atoms with Gasteiger partial charge in [0.2, 0.25) is 0 Å². The molecule has 3 heteroatoms. The van der Waals surface area contributed by atoms with Gasteiger partial charge in [0.1, 0.15) is 0 Å². The van der Waals surface area contributed by atoms with Crippen LogP contribution in [0.3, 0.4) is 0 Å². The summed E-state index contributed by atoms with van der Waals surface area (Å²) in [6.07, 6.45) is -0.0334. The maximum Gasteiger partial charge on any atom is 0.0741 e. The highest BCUT2D eigenvalue weighted by molar-refractivity contribution is 4.89. The molecule has 1 rings (SSSR count). The van der Waals surface area contributed by atoms with Crippen molar-refractivity contribution in [2.45, 2.75) is 38.5 Å². The highest BCUT2D eigenvalue weighted by Crippen LogP contribution is 2.15. The number of hydrogen-bond donors (Lipinski definition) is 3. The molecule has 0 saturated carbocycles. The molecule has 0 radical (unpaired) electrons. The van der Waals surface area contributed by atoms with E-state index < -0.39 is 6.10 Å². The van der Waals surface area contributed by atoms with Crippen molar-refractivity contribution in [1.82, 2.24) is 5.32 Å². The van der Waals surface area contributed by atoms with Crippen LogP contribution in [0.4, 0.5) is 0 Å². The minimum absolute atomic E-state index is 0.116. The van der Waals surface area contributed by atoms with Crippen molar-refractivity contribution in [3.05, 3.63) is 0 Å². The fourth-order valence-electron chi connectivity index (χ4n) is 1.48. The van der Waals surface area contributed by atoms with Crippen LogP contribution in [0.2, 0.25) is 0 Å². The van der Waals surface area contributed by atoms with Crippen molar-refractivity contribution in [2.24, 2.45) is 5.92 Å². The van der Waals surface area contributed by atoms with Crippen molar-refractivity contribution in [1.29, 1.82) is 0 Å². The summed E-state index contributed by atoms with van der Waals surface area (Å²) in [6.45, 7) is 4.73. The average molecular weight is 159 g/mol. The molecule has 0 aromatic heterocycles. The summed E-state index contributed by atoms with van der Waals surface area (Å²) in [4.78, 5) is 0. The Bertz CT molecular complexity index is 127. The second kappa shape index (κ2) is 3.52. The van der Waals surface area contributed by atoms with E-state index in [4.69, 9.17) is 0 Å². The Morgan fingerprint density at radius 3 is 2.45 bits per heavy atom. The van der Waals surface area contributed by atoms with Crippen molar-refractivity contribution in [3.63, 3.8) is 0 Å². The summed E-state index contributed by atoms with van der Waals surface area (Å²) in [7, 11) is 0. The Labute approximate surface area is 67.4 Å². The maximum atomic E-state index is 9.57. The lowest BCUT2D eigenvalue weighted by molar-refractivity contribution is 0.0355. The summed E-state index contributed by atoms with van der Waals surface area (Å²) in [5, 5.41) is 22.0. The van der Waals surface area contributed by atoms with Gasteiger partial charge in [-0.1, -0.05) is 13.8 Å². The molecule has 0 amide bonds. The van der Waals surface area contributed by atoms with Crippen molar-refractivity contribution in [3.8, 4) is 0 Å². The van der Waals surface area contributed by atoms with Gasteiger partial charge in [-0.15, -0.1) is 0 Å². The van der Waals surface area contributed by atoms with E-state index in [-0.39, 0.29) is 18.1 Å². The largest absolute Gasteiger partial charge is 0.391 e. The third-order valence-electron chi connectivity index (χ3n) is 2.29. The van der Waals surface area contributed by atoms with Crippen molar-refractivity contribution in [2.75, 3.05) is 6.54 Å². The second-order valence-electron chi connectivity index (χ2n) is 3.57. The molecule has 1 fully saturated rings. The van der Waals surface area contributed by atoms with Gasteiger partial charge in [0, 0.05) is 0 Å². The third-order valence-corrected chi connectivity index (χ3v) is 2.29. The number of aliphatic hydroxyl groups is 2. The molecule has 3 N–H and O–H groups in total. The van der Waals surface area contributed by atoms with E-state index in [1.807, 2.05) is 13.8 Å². The molecule has 1 unspecified atom stereocenters. The molecule has 3 nitrogen and oxygen atoms in total. The van der Waals surface area contributed by atoms with Gasteiger partial charge in [-0.05, 0) is 18.9 Å². The molecule has 1 saturated heterocycles. The lowest BCUT2D eigenvalue weighted by atomic mass is 9.97. The van der Waals surface area contributed by atoms with E-state index >= 15 is 0 Å². The van der Waals surface area contributed by atoms with Crippen LogP contribution in [0.15, 0.2) is 0 Å². The second-order valence-corrected chi connectivity index (χ2v) is 3.57. The molecular formula is C8H17NO2. The molecule has 3 atom stereocenters. The molecule has 0 bridgehead atoms. The molecule has 66 valence electrons. The molecule has 1 aliphatic heterocycles. The van der Waals surface area contributed by atoms with Gasteiger partial charge in [0.25, 0.3) is 0 Å². The number of nitrogens with one attached hydrogen (secondary N) is 1. The molecule has 0 spiro atoms. The summed E-state index contributed by atoms with van der Waals surface area (Å²) in [5.41, 5.74) is 0. The third kappa shape index (κ3) is 1.92. The number of hydrogen-bond acceptors (Lipinski definition) is 3. The van der Waals surface area contributed by atoms with Gasteiger partial charge < -0.3 is 15.5 Å². The Balaban J connectivity index is 2.45. The predicted molar refractivity (Wildman–Crippen MR) is 43.3 cm³/mol. The first kappa shape index (κ1) is 8.97. The molecule has 1 aliphatic rings. The fourth-order valence-corrected chi connectivity index (χ4v) is 1.48. The van der Waals surface area contributed by atoms with Crippen molar-refractivity contribution >= 4 is 0 Å². The monoisotopic (exact) mass is 159 g/mol. The summed E-state index contributed by atoms with van der Waals surface area (Å²) < 4.78 is 0. The Morgan fingerprint density at radius 2 is 2.09 bits per heavy atom. The Morgan fingerprint density at radius 1 is 1.45 bits per heavy atom. The quantitative estimate of drug-likeness (QED) is 0.519. The van der Waals surface area contributed by atoms with E-state index in [2.05, 4.69) is 5.32 Å². The molecular weight excluding hydrogens is 142 g/mol. The van der Waals surface area contributed by atoms with Crippen LogP contribution in [-0.4, -0.2) is 35.0 Å². The summed E-state index contributed by atoms with van der Waals surface area (Å²) in [5.74, 6) is 0.209. The highest BCUT2D eigenvalue weighted by Gasteiger charge is 2.32. The standard InChI is InChI=1S/C8H17NO2/c1-5(2)8(11)7-6(10)3-4-9-7/h5-11H,3-4H2,1-2H3/t6-,7+,8?/m1/s1. The zero-order valence-corrected chi connectivity index (χ0v) is 7.12. The van der Waals surface area contributed by atoms with E-state index in [1.165, 1.54) is 0 Å². The van der Waals surface area contributed by atoms with Crippen LogP contribution in [0.25, 0.3) is 0 Å². The Kier molecular flexibility index (Phi) is 2.87. The molecule has 1 heterocycles. The first-order chi connectivity index (χ1) is 5.13. The SMILES string of the molecule is CC(C)C(O)[C@H]1NCC[C@H]1O. The van der Waals surface area contributed by atoms with Crippen LogP contribution in [0.1, 0.15) is 20.3 Å². The number of rotatable bonds is 2. The zero-order chi connectivity index (χ0) is 8.43. The predicted octanol–water partition coefficient (Wildman–Crippen LogP) is -0.274. The van der Waals surface area contributed by atoms with Crippen LogP contribution < -0.4 is 5.32 Å². The normalized spacial score (nSPS) is 34.6. The first-order valence-corrected chi connectivity index (χ1v) is 4.22. The Hall–Kier alpha value is -0.120. The van der Waals surface area contributed by atoms with Gasteiger partial charge in [-0.2, -0.15) is 0 Å². The van der Waals surface area contributed by atoms with Gasteiger partial charge in [-0.25, -0.2) is 0 Å². The fraction of sp³-hybridized carbons (Fsp3) is 1.00. The first-order valence-electron chi connectivity index (χ1n) is 4.22. The van der Waals surface area contributed by atoms with Crippen LogP contribution in [0, 0.1) is 5.92 Å². The number of aliphatic hydroxyl groups excluding tert-OH is 2. The van der Waals surface area contributed by atoms with Gasteiger partial charge in [0.05, 0.1) is 18.2 Å². The topological polar surface area (TPSA) is 52.5 Å². The van der Waals surface area contributed by atoms with Gasteiger partial charge in [0.15, 0.2) is 0 Å². The lowest BCUT2D eigenvalue weighted by Crippen LogP contribution is -2.44. The van der Waals surface area contributed by atoms with Gasteiger partial charge >= 0.3 is 0 Å². The van der Waals surface area contributed by atoms with Gasteiger partial charge in [-0.3, -0.25) is 0 Å².